The number of halogens is 2. The second-order valence-corrected chi connectivity index (χ2v) is 4.87. The van der Waals surface area contributed by atoms with E-state index in [-0.39, 0.29) is 18.4 Å². The van der Waals surface area contributed by atoms with E-state index in [1.807, 2.05) is 0 Å². The number of nitrogens with zero attached hydrogens (tertiary/aromatic N) is 1. The zero-order chi connectivity index (χ0) is 13.8. The van der Waals surface area contributed by atoms with Crippen LogP contribution >= 0.6 is 23.2 Å². The highest BCUT2D eigenvalue weighted by Crippen LogP contribution is 2.26. The summed E-state index contributed by atoms with van der Waals surface area (Å²) in [6, 6.07) is 5.20. The number of rotatable bonds is 2. The van der Waals surface area contributed by atoms with E-state index in [2.05, 4.69) is 5.32 Å². The molecule has 2 amide bonds. The lowest BCUT2D eigenvalue weighted by molar-refractivity contribution is -0.134. The molecule has 1 aliphatic heterocycles. The van der Waals surface area contributed by atoms with E-state index in [1.165, 1.54) is 11.0 Å². The Morgan fingerprint density at radius 1 is 1.37 bits per heavy atom. The molecule has 2 rings (SSSR count). The second kappa shape index (κ2) is 6.08. The van der Waals surface area contributed by atoms with Gasteiger partial charge in [-0.25, -0.2) is 0 Å². The van der Waals surface area contributed by atoms with Gasteiger partial charge in [-0.2, -0.15) is 0 Å². The molecule has 0 saturated carbocycles. The van der Waals surface area contributed by atoms with E-state index in [0.717, 1.165) is 0 Å². The molecule has 6 heteroatoms. The van der Waals surface area contributed by atoms with Crippen LogP contribution in [0.15, 0.2) is 24.3 Å². The van der Waals surface area contributed by atoms with Crippen LogP contribution in [-0.2, 0) is 9.59 Å². The summed E-state index contributed by atoms with van der Waals surface area (Å²) in [6.45, 7) is 1.08. The third-order valence-corrected chi connectivity index (χ3v) is 3.57. The number of nitrogens with one attached hydrogen (secondary N) is 1. The lowest BCUT2D eigenvalue weighted by Crippen LogP contribution is -2.49. The van der Waals surface area contributed by atoms with Crippen molar-refractivity contribution in [3.8, 4) is 0 Å². The summed E-state index contributed by atoms with van der Waals surface area (Å²) in [4.78, 5) is 24.6. The SMILES string of the molecule is O=C1CN(C(=O)/C=C/c2cccc(Cl)c2Cl)CCN1. The highest BCUT2D eigenvalue weighted by molar-refractivity contribution is 6.42. The van der Waals surface area contributed by atoms with E-state index >= 15 is 0 Å². The van der Waals surface area contributed by atoms with Gasteiger partial charge in [-0.1, -0.05) is 35.3 Å². The molecule has 0 aliphatic carbocycles. The van der Waals surface area contributed by atoms with Gasteiger partial charge in [0, 0.05) is 19.2 Å². The van der Waals surface area contributed by atoms with Gasteiger partial charge in [0.15, 0.2) is 0 Å². The highest BCUT2D eigenvalue weighted by Gasteiger charge is 2.19. The standard InChI is InChI=1S/C13H12Cl2N2O2/c14-10-3-1-2-9(13(10)15)4-5-12(19)17-7-6-16-11(18)8-17/h1-5H,6-8H2,(H,16,18)/b5-4+. The predicted molar refractivity (Wildman–Crippen MR) is 75.1 cm³/mol. The fraction of sp³-hybridized carbons (Fsp3) is 0.231. The molecule has 1 aliphatic rings. The fourth-order valence-corrected chi connectivity index (χ4v) is 2.11. The number of hydrogen-bond donors (Lipinski definition) is 1. The molecule has 1 saturated heterocycles. The number of amides is 2. The Morgan fingerprint density at radius 3 is 2.89 bits per heavy atom. The minimum Gasteiger partial charge on any atom is -0.353 e. The molecule has 0 radical (unpaired) electrons. The minimum atomic E-state index is -0.217. The van der Waals surface area contributed by atoms with Gasteiger partial charge in [-0.05, 0) is 17.7 Å². The predicted octanol–water partition coefficient (Wildman–Crippen LogP) is 1.97. The van der Waals surface area contributed by atoms with Crippen LogP contribution in [0.5, 0.6) is 0 Å². The summed E-state index contributed by atoms with van der Waals surface area (Å²) >= 11 is 11.9. The lowest BCUT2D eigenvalue weighted by atomic mass is 10.2. The van der Waals surface area contributed by atoms with Crippen LogP contribution in [0.1, 0.15) is 5.56 Å². The zero-order valence-electron chi connectivity index (χ0n) is 10.0. The average molecular weight is 299 g/mol. The first-order chi connectivity index (χ1) is 9.08. The summed E-state index contributed by atoms with van der Waals surface area (Å²) in [7, 11) is 0. The minimum absolute atomic E-state index is 0.0897. The Hall–Kier alpha value is -1.52. The first-order valence-corrected chi connectivity index (χ1v) is 6.51. The van der Waals surface area contributed by atoms with E-state index in [4.69, 9.17) is 23.2 Å². The summed E-state index contributed by atoms with van der Waals surface area (Å²) in [6.07, 6.45) is 3.00. The topological polar surface area (TPSA) is 49.4 Å². The van der Waals surface area contributed by atoms with E-state index in [9.17, 15) is 9.59 Å². The number of carbonyl (C=O) groups is 2. The van der Waals surface area contributed by atoms with Crippen molar-refractivity contribution in [1.29, 1.82) is 0 Å². The van der Waals surface area contributed by atoms with Crippen molar-refractivity contribution in [2.75, 3.05) is 19.6 Å². The summed E-state index contributed by atoms with van der Waals surface area (Å²) in [5.74, 6) is -0.361. The molecule has 1 heterocycles. The Bertz CT molecular complexity index is 543. The third-order valence-electron chi connectivity index (χ3n) is 2.74. The van der Waals surface area contributed by atoms with Crippen LogP contribution in [0.3, 0.4) is 0 Å². The van der Waals surface area contributed by atoms with E-state index in [0.29, 0.717) is 28.7 Å². The Morgan fingerprint density at radius 2 is 2.16 bits per heavy atom. The van der Waals surface area contributed by atoms with E-state index in [1.54, 1.807) is 24.3 Å². The third kappa shape index (κ3) is 3.49. The first-order valence-electron chi connectivity index (χ1n) is 5.75. The van der Waals surface area contributed by atoms with Crippen LogP contribution in [0.25, 0.3) is 6.08 Å². The maximum Gasteiger partial charge on any atom is 0.247 e. The van der Waals surface area contributed by atoms with Gasteiger partial charge in [0.1, 0.15) is 0 Å². The van der Waals surface area contributed by atoms with Gasteiger partial charge in [0.25, 0.3) is 0 Å². The lowest BCUT2D eigenvalue weighted by Gasteiger charge is -2.25. The van der Waals surface area contributed by atoms with Gasteiger partial charge in [-0.15, -0.1) is 0 Å². The molecule has 0 aromatic heterocycles. The molecule has 0 spiro atoms. The molecule has 0 unspecified atom stereocenters. The highest BCUT2D eigenvalue weighted by atomic mass is 35.5. The molecule has 0 atom stereocenters. The van der Waals surface area contributed by atoms with Crippen LogP contribution in [0.2, 0.25) is 10.0 Å². The van der Waals surface area contributed by atoms with Crippen molar-refractivity contribution in [2.24, 2.45) is 0 Å². The van der Waals surface area contributed by atoms with Gasteiger partial charge >= 0.3 is 0 Å². The van der Waals surface area contributed by atoms with Crippen molar-refractivity contribution in [3.05, 3.63) is 39.9 Å². The number of piperazine rings is 1. The molecule has 0 bridgehead atoms. The Kier molecular flexibility index (Phi) is 4.45. The molecule has 4 nitrogen and oxygen atoms in total. The molecule has 1 aromatic rings. The van der Waals surface area contributed by atoms with Gasteiger partial charge < -0.3 is 10.2 Å². The molecule has 1 N–H and O–H groups in total. The normalized spacial score (nSPS) is 15.7. The number of benzene rings is 1. The quantitative estimate of drug-likeness (QED) is 0.849. The van der Waals surface area contributed by atoms with Crippen molar-refractivity contribution < 1.29 is 9.59 Å². The molecular weight excluding hydrogens is 287 g/mol. The molecule has 1 fully saturated rings. The molecule has 100 valence electrons. The van der Waals surface area contributed by atoms with Crippen molar-refractivity contribution >= 4 is 41.1 Å². The summed E-state index contributed by atoms with van der Waals surface area (Å²) < 4.78 is 0. The first kappa shape index (κ1) is 13.9. The maximum absolute atomic E-state index is 11.9. The molecule has 19 heavy (non-hydrogen) atoms. The fourth-order valence-electron chi connectivity index (χ4n) is 1.74. The molecule has 1 aromatic carbocycles. The van der Waals surface area contributed by atoms with E-state index < -0.39 is 0 Å². The van der Waals surface area contributed by atoms with Crippen molar-refractivity contribution in [3.63, 3.8) is 0 Å². The van der Waals surface area contributed by atoms with Gasteiger partial charge in [-0.3, -0.25) is 9.59 Å². The second-order valence-electron chi connectivity index (χ2n) is 4.09. The van der Waals surface area contributed by atoms with Crippen molar-refractivity contribution in [2.45, 2.75) is 0 Å². The van der Waals surface area contributed by atoms with Gasteiger partial charge in [0.2, 0.25) is 11.8 Å². The van der Waals surface area contributed by atoms with Crippen LogP contribution in [0.4, 0.5) is 0 Å². The largest absolute Gasteiger partial charge is 0.353 e. The smallest absolute Gasteiger partial charge is 0.247 e. The van der Waals surface area contributed by atoms with Crippen LogP contribution in [0, 0.1) is 0 Å². The number of hydrogen-bond acceptors (Lipinski definition) is 2. The maximum atomic E-state index is 11.9. The average Bonchev–Trinajstić information content (AvgIpc) is 2.40. The Labute approximate surface area is 121 Å². The van der Waals surface area contributed by atoms with Crippen LogP contribution in [-0.4, -0.2) is 36.3 Å². The Balaban J connectivity index is 2.07. The molecular formula is C13H12Cl2N2O2. The zero-order valence-corrected chi connectivity index (χ0v) is 11.5. The summed E-state index contributed by atoms with van der Waals surface area (Å²) in [5, 5.41) is 3.51. The van der Waals surface area contributed by atoms with Crippen molar-refractivity contribution in [1.82, 2.24) is 10.2 Å². The monoisotopic (exact) mass is 298 g/mol. The summed E-state index contributed by atoms with van der Waals surface area (Å²) in [5.41, 5.74) is 0.670. The van der Waals surface area contributed by atoms with Gasteiger partial charge in [0.05, 0.1) is 16.6 Å². The van der Waals surface area contributed by atoms with Crippen LogP contribution < -0.4 is 5.32 Å². The number of carbonyl (C=O) groups excluding carboxylic acids is 2.